The summed E-state index contributed by atoms with van der Waals surface area (Å²) in [6.07, 6.45) is 5.58. The molecule has 0 amide bonds. The number of carbonyl (C=O) groups excluding carboxylic acids is 2. The molecular formula is C12H18O3. The average Bonchev–Trinajstić information content (AvgIpc) is 2.22. The number of ketones is 2. The van der Waals surface area contributed by atoms with Gasteiger partial charge in [-0.05, 0) is 32.8 Å². The van der Waals surface area contributed by atoms with Crippen molar-refractivity contribution in [2.45, 2.75) is 39.5 Å². The van der Waals surface area contributed by atoms with Crippen molar-refractivity contribution in [2.75, 3.05) is 6.61 Å². The van der Waals surface area contributed by atoms with Gasteiger partial charge in [-0.25, -0.2) is 0 Å². The largest absolute Gasteiger partial charge is 0.502 e. The smallest absolute Gasteiger partial charge is 0.146 e. The van der Waals surface area contributed by atoms with Gasteiger partial charge in [-0.1, -0.05) is 0 Å². The lowest BCUT2D eigenvalue weighted by molar-refractivity contribution is -0.142. The maximum atomic E-state index is 11.7. The van der Waals surface area contributed by atoms with Crippen LogP contribution in [0, 0.1) is 5.41 Å². The van der Waals surface area contributed by atoms with Gasteiger partial charge >= 0.3 is 0 Å². The third-order valence-electron chi connectivity index (χ3n) is 2.92. The molecule has 0 unspecified atom stereocenters. The Labute approximate surface area is 90.5 Å². The van der Waals surface area contributed by atoms with Gasteiger partial charge in [0.1, 0.15) is 11.6 Å². The molecule has 0 aromatic carbocycles. The summed E-state index contributed by atoms with van der Waals surface area (Å²) in [6.45, 7) is 4.24. The summed E-state index contributed by atoms with van der Waals surface area (Å²) in [5, 5.41) is 0. The average molecular weight is 210 g/mol. The Balaban J connectivity index is 2.62. The summed E-state index contributed by atoms with van der Waals surface area (Å²) >= 11 is 0. The molecule has 0 spiro atoms. The Morgan fingerprint density at radius 2 is 1.93 bits per heavy atom. The highest BCUT2D eigenvalue weighted by molar-refractivity contribution is 6.08. The number of allylic oxidation sites excluding steroid dienone is 1. The molecule has 1 fully saturated rings. The number of carbonyl (C=O) groups is 2. The molecule has 0 atom stereocenters. The molecule has 0 N–H and O–H groups in total. The van der Waals surface area contributed by atoms with Gasteiger partial charge in [-0.15, -0.1) is 0 Å². The molecule has 0 bridgehead atoms. The van der Waals surface area contributed by atoms with Gasteiger partial charge in [0.2, 0.25) is 0 Å². The summed E-state index contributed by atoms with van der Waals surface area (Å²) in [6, 6.07) is 0. The number of hydrogen-bond donors (Lipinski definition) is 0. The zero-order chi connectivity index (χ0) is 11.3. The van der Waals surface area contributed by atoms with Crippen molar-refractivity contribution >= 4 is 11.6 Å². The first-order valence-electron chi connectivity index (χ1n) is 5.44. The highest BCUT2D eigenvalue weighted by Gasteiger charge is 2.41. The van der Waals surface area contributed by atoms with Crippen LogP contribution in [0.4, 0.5) is 0 Å². The van der Waals surface area contributed by atoms with E-state index in [-0.39, 0.29) is 11.6 Å². The van der Waals surface area contributed by atoms with Gasteiger partial charge in [0, 0.05) is 12.8 Å². The van der Waals surface area contributed by atoms with Gasteiger partial charge < -0.3 is 4.74 Å². The third-order valence-corrected chi connectivity index (χ3v) is 2.92. The van der Waals surface area contributed by atoms with Crippen LogP contribution in [0.15, 0.2) is 12.3 Å². The number of hydrogen-bond acceptors (Lipinski definition) is 3. The summed E-state index contributed by atoms with van der Waals surface area (Å²) < 4.78 is 5.04. The lowest BCUT2D eigenvalue weighted by atomic mass is 9.71. The van der Waals surface area contributed by atoms with E-state index in [2.05, 4.69) is 0 Å². The molecule has 0 radical (unpaired) electrons. The predicted octanol–water partition coefficient (Wildman–Crippen LogP) is 2.26. The molecule has 0 saturated heterocycles. The molecule has 1 aliphatic carbocycles. The van der Waals surface area contributed by atoms with E-state index >= 15 is 0 Å². The van der Waals surface area contributed by atoms with E-state index in [1.165, 1.54) is 0 Å². The second-order valence-corrected chi connectivity index (χ2v) is 4.06. The van der Waals surface area contributed by atoms with E-state index in [0.717, 1.165) is 0 Å². The van der Waals surface area contributed by atoms with Crippen molar-refractivity contribution < 1.29 is 14.3 Å². The molecule has 0 aliphatic heterocycles. The van der Waals surface area contributed by atoms with Crippen molar-refractivity contribution in [2.24, 2.45) is 5.41 Å². The van der Waals surface area contributed by atoms with Crippen molar-refractivity contribution in [1.82, 2.24) is 0 Å². The van der Waals surface area contributed by atoms with E-state index in [1.807, 2.05) is 6.92 Å². The molecule has 0 aromatic heterocycles. The lowest BCUT2D eigenvalue weighted by Crippen LogP contribution is -2.39. The van der Waals surface area contributed by atoms with E-state index in [1.54, 1.807) is 19.3 Å². The minimum Gasteiger partial charge on any atom is -0.502 e. The molecule has 3 heteroatoms. The fourth-order valence-electron chi connectivity index (χ4n) is 1.79. The molecule has 1 aliphatic rings. The second kappa shape index (κ2) is 5.10. The van der Waals surface area contributed by atoms with Crippen LogP contribution in [-0.2, 0) is 14.3 Å². The molecule has 1 saturated carbocycles. The summed E-state index contributed by atoms with van der Waals surface area (Å²) in [7, 11) is 0. The first-order chi connectivity index (χ1) is 7.11. The van der Waals surface area contributed by atoms with Crippen LogP contribution in [0.25, 0.3) is 0 Å². The highest BCUT2D eigenvalue weighted by Crippen LogP contribution is 2.33. The van der Waals surface area contributed by atoms with Crippen LogP contribution in [0.2, 0.25) is 0 Å². The quantitative estimate of drug-likeness (QED) is 0.528. The van der Waals surface area contributed by atoms with Crippen molar-refractivity contribution in [3.63, 3.8) is 0 Å². The number of Topliss-reactive ketones (excluding diaryl/α,β-unsaturated/α-hetero) is 2. The zero-order valence-corrected chi connectivity index (χ0v) is 9.41. The van der Waals surface area contributed by atoms with Crippen LogP contribution >= 0.6 is 0 Å². The van der Waals surface area contributed by atoms with Crippen molar-refractivity contribution in [3.8, 4) is 0 Å². The van der Waals surface area contributed by atoms with Gasteiger partial charge in [0.15, 0.2) is 0 Å². The number of ether oxygens (including phenoxy) is 1. The normalized spacial score (nSPS) is 20.9. The first kappa shape index (κ1) is 12.0. The fraction of sp³-hybridized carbons (Fsp3) is 0.667. The molecule has 1 rings (SSSR count). The maximum Gasteiger partial charge on any atom is 0.146 e. The highest BCUT2D eigenvalue weighted by atomic mass is 16.5. The Morgan fingerprint density at radius 1 is 1.33 bits per heavy atom. The summed E-state index contributed by atoms with van der Waals surface area (Å²) in [5.41, 5.74) is -0.800. The Morgan fingerprint density at radius 3 is 2.47 bits per heavy atom. The predicted molar refractivity (Wildman–Crippen MR) is 57.4 cm³/mol. The van der Waals surface area contributed by atoms with Gasteiger partial charge in [0.25, 0.3) is 0 Å². The lowest BCUT2D eigenvalue weighted by Gasteiger charge is -2.29. The van der Waals surface area contributed by atoms with E-state index < -0.39 is 5.41 Å². The topological polar surface area (TPSA) is 43.4 Å². The molecule has 3 nitrogen and oxygen atoms in total. The molecule has 0 aromatic rings. The monoisotopic (exact) mass is 210 g/mol. The van der Waals surface area contributed by atoms with Crippen LogP contribution in [-0.4, -0.2) is 18.2 Å². The minimum absolute atomic E-state index is 0.0694. The van der Waals surface area contributed by atoms with Crippen LogP contribution < -0.4 is 0 Å². The Bertz CT molecular complexity index is 263. The third kappa shape index (κ3) is 2.67. The van der Waals surface area contributed by atoms with Gasteiger partial charge in [0.05, 0.1) is 18.3 Å². The first-order valence-corrected chi connectivity index (χ1v) is 5.44. The zero-order valence-electron chi connectivity index (χ0n) is 9.41. The van der Waals surface area contributed by atoms with E-state index in [4.69, 9.17) is 4.74 Å². The van der Waals surface area contributed by atoms with Crippen molar-refractivity contribution in [1.29, 1.82) is 0 Å². The molecular weight excluding hydrogens is 192 g/mol. The molecule has 84 valence electrons. The molecule has 15 heavy (non-hydrogen) atoms. The van der Waals surface area contributed by atoms with E-state index in [9.17, 15) is 9.59 Å². The summed E-state index contributed by atoms with van der Waals surface area (Å²) in [4.78, 5) is 23.4. The van der Waals surface area contributed by atoms with Crippen LogP contribution in [0.1, 0.15) is 39.5 Å². The Kier molecular flexibility index (Phi) is 4.06. The number of rotatable bonds is 4. The van der Waals surface area contributed by atoms with E-state index in [0.29, 0.717) is 32.3 Å². The Hall–Kier alpha value is -1.12. The van der Waals surface area contributed by atoms with Crippen LogP contribution in [0.5, 0.6) is 0 Å². The molecule has 0 heterocycles. The SMILES string of the molecule is CCOC=CCC1(C)C(=O)CCCC1=O. The fourth-order valence-corrected chi connectivity index (χ4v) is 1.79. The maximum absolute atomic E-state index is 11.7. The van der Waals surface area contributed by atoms with Crippen LogP contribution in [0.3, 0.4) is 0 Å². The minimum atomic E-state index is -0.800. The second-order valence-electron chi connectivity index (χ2n) is 4.06. The van der Waals surface area contributed by atoms with Gasteiger partial charge in [-0.2, -0.15) is 0 Å². The summed E-state index contributed by atoms with van der Waals surface area (Å²) in [5.74, 6) is 0.139. The van der Waals surface area contributed by atoms with Gasteiger partial charge in [-0.3, -0.25) is 9.59 Å². The standard InChI is InChI=1S/C12H18O3/c1-3-15-9-5-8-12(2)10(13)6-4-7-11(12)14/h5,9H,3-4,6-8H2,1-2H3. The van der Waals surface area contributed by atoms with Crippen molar-refractivity contribution in [3.05, 3.63) is 12.3 Å².